The third-order valence-corrected chi connectivity index (χ3v) is 4.48. The van der Waals surface area contributed by atoms with E-state index >= 15 is 0 Å². The first-order valence-corrected chi connectivity index (χ1v) is 7.34. The highest BCUT2D eigenvalue weighted by Gasteiger charge is 2.18. The maximum absolute atomic E-state index is 11.2. The summed E-state index contributed by atoms with van der Waals surface area (Å²) in [7, 11) is 0. The lowest BCUT2D eigenvalue weighted by molar-refractivity contribution is 0.0698. The van der Waals surface area contributed by atoms with Gasteiger partial charge in [0.05, 0.1) is 22.6 Å². The lowest BCUT2D eigenvalue weighted by atomic mass is 10.0. The highest BCUT2D eigenvalue weighted by atomic mass is 32.1. The number of carboxylic acid groups (broad SMARTS) is 1. The number of benzene rings is 1. The molecule has 4 N–H and O–H groups in total. The Morgan fingerprint density at radius 2 is 2.15 bits per heavy atom. The average Bonchev–Trinajstić information content (AvgIpc) is 2.83. The van der Waals surface area contributed by atoms with Crippen LogP contribution >= 0.6 is 11.3 Å². The molecular weight excluding hydrogens is 274 g/mol. The predicted molar refractivity (Wildman–Crippen MR) is 79.9 cm³/mol. The Balaban J connectivity index is 1.95. The van der Waals surface area contributed by atoms with Crippen LogP contribution in [-0.2, 0) is 12.8 Å². The zero-order valence-electron chi connectivity index (χ0n) is 10.8. The van der Waals surface area contributed by atoms with Crippen LogP contribution in [0.3, 0.4) is 0 Å². The van der Waals surface area contributed by atoms with Crippen molar-refractivity contribution >= 4 is 33.8 Å². The number of para-hydroxylation sites is 1. The zero-order valence-corrected chi connectivity index (χ0v) is 11.7. The number of nitrogens with one attached hydrogen (secondary N) is 1. The number of nitrogens with zero attached hydrogens (tertiary/aromatic N) is 1. The van der Waals surface area contributed by atoms with Gasteiger partial charge in [-0.15, -0.1) is 11.3 Å². The Morgan fingerprint density at radius 1 is 1.35 bits per heavy atom. The molecule has 0 bridgehead atoms. The molecule has 2 aromatic rings. The van der Waals surface area contributed by atoms with E-state index in [-0.39, 0.29) is 5.56 Å². The van der Waals surface area contributed by atoms with E-state index in [1.807, 2.05) is 0 Å². The molecule has 0 saturated heterocycles. The van der Waals surface area contributed by atoms with Gasteiger partial charge in [0.1, 0.15) is 0 Å². The number of nitrogen functional groups attached to an aromatic ring is 1. The number of hydrogen-bond acceptors (Lipinski definition) is 5. The van der Waals surface area contributed by atoms with Gasteiger partial charge in [0, 0.05) is 4.88 Å². The average molecular weight is 289 g/mol. The van der Waals surface area contributed by atoms with Crippen molar-refractivity contribution in [3.63, 3.8) is 0 Å². The molecule has 1 aliphatic rings. The summed E-state index contributed by atoms with van der Waals surface area (Å²) in [5.41, 5.74) is 8.02. The molecule has 0 atom stereocenters. The van der Waals surface area contributed by atoms with E-state index in [0.29, 0.717) is 11.4 Å². The molecule has 1 heterocycles. The van der Waals surface area contributed by atoms with Crippen molar-refractivity contribution < 1.29 is 9.90 Å². The molecule has 5 nitrogen and oxygen atoms in total. The van der Waals surface area contributed by atoms with Crippen LogP contribution < -0.4 is 11.1 Å². The molecule has 0 spiro atoms. The molecule has 0 saturated carbocycles. The summed E-state index contributed by atoms with van der Waals surface area (Å²) < 4.78 is 0. The standard InChI is InChI=1S/C14H15N3O2S/c15-9-5-3-4-8(13(18)19)12(9)17-14-16-10-6-1-2-7-11(10)20-14/h3-5H,1-2,6-7,15H2,(H,16,17)(H,18,19). The van der Waals surface area contributed by atoms with Gasteiger partial charge in [-0.3, -0.25) is 0 Å². The van der Waals surface area contributed by atoms with Crippen LogP contribution in [0.25, 0.3) is 0 Å². The highest BCUT2D eigenvalue weighted by molar-refractivity contribution is 7.15. The van der Waals surface area contributed by atoms with Crippen molar-refractivity contribution in [2.45, 2.75) is 25.7 Å². The Labute approximate surface area is 120 Å². The van der Waals surface area contributed by atoms with Crippen molar-refractivity contribution in [2.75, 3.05) is 11.1 Å². The number of aromatic nitrogens is 1. The van der Waals surface area contributed by atoms with E-state index in [2.05, 4.69) is 10.3 Å². The van der Waals surface area contributed by atoms with Crippen LogP contribution in [0, 0.1) is 0 Å². The molecule has 1 aromatic heterocycles. The second-order valence-electron chi connectivity index (χ2n) is 4.80. The molecule has 1 aliphatic carbocycles. The molecule has 3 rings (SSSR count). The molecule has 6 heteroatoms. The first-order chi connectivity index (χ1) is 9.65. The molecule has 0 unspecified atom stereocenters. The van der Waals surface area contributed by atoms with E-state index in [4.69, 9.17) is 5.73 Å². The van der Waals surface area contributed by atoms with Crippen LogP contribution in [0.15, 0.2) is 18.2 Å². The second-order valence-corrected chi connectivity index (χ2v) is 5.88. The van der Waals surface area contributed by atoms with E-state index in [9.17, 15) is 9.90 Å². The van der Waals surface area contributed by atoms with Crippen LogP contribution in [0.2, 0.25) is 0 Å². The third-order valence-electron chi connectivity index (χ3n) is 3.40. The Bertz CT molecular complexity index is 643. The van der Waals surface area contributed by atoms with E-state index < -0.39 is 5.97 Å². The lowest BCUT2D eigenvalue weighted by Crippen LogP contribution is -2.05. The summed E-state index contributed by atoms with van der Waals surface area (Å²) in [6, 6.07) is 4.85. The van der Waals surface area contributed by atoms with E-state index in [1.54, 1.807) is 23.5 Å². The van der Waals surface area contributed by atoms with Gasteiger partial charge in [-0.1, -0.05) is 6.07 Å². The van der Waals surface area contributed by atoms with E-state index in [1.165, 1.54) is 23.8 Å². The number of aryl methyl sites for hydroxylation is 2. The minimum atomic E-state index is -0.999. The molecule has 0 fully saturated rings. The van der Waals surface area contributed by atoms with Crippen molar-refractivity contribution in [1.29, 1.82) is 0 Å². The minimum Gasteiger partial charge on any atom is -0.478 e. The summed E-state index contributed by atoms with van der Waals surface area (Å²) in [5.74, 6) is -0.999. The molecule has 1 aromatic carbocycles. The van der Waals surface area contributed by atoms with Crippen LogP contribution in [0.1, 0.15) is 33.8 Å². The van der Waals surface area contributed by atoms with Gasteiger partial charge in [-0.05, 0) is 37.8 Å². The van der Waals surface area contributed by atoms with Gasteiger partial charge in [0.2, 0.25) is 0 Å². The topological polar surface area (TPSA) is 88.2 Å². The third kappa shape index (κ3) is 2.34. The van der Waals surface area contributed by atoms with Gasteiger partial charge in [-0.2, -0.15) is 0 Å². The fourth-order valence-electron chi connectivity index (χ4n) is 2.40. The molecule has 20 heavy (non-hydrogen) atoms. The fourth-order valence-corrected chi connectivity index (χ4v) is 3.45. The minimum absolute atomic E-state index is 0.165. The van der Waals surface area contributed by atoms with Crippen molar-refractivity contribution in [2.24, 2.45) is 0 Å². The molecule has 104 valence electrons. The summed E-state index contributed by atoms with van der Waals surface area (Å²) in [6.07, 6.45) is 4.43. The predicted octanol–water partition coefficient (Wildman–Crippen LogP) is 3.05. The van der Waals surface area contributed by atoms with Crippen molar-refractivity contribution in [3.8, 4) is 0 Å². The second kappa shape index (κ2) is 5.13. The number of thiazole rings is 1. The quantitative estimate of drug-likeness (QED) is 0.756. The van der Waals surface area contributed by atoms with Gasteiger partial charge in [-0.25, -0.2) is 9.78 Å². The number of aromatic carboxylic acids is 1. The zero-order chi connectivity index (χ0) is 14.1. The number of nitrogens with two attached hydrogens (primary N) is 1. The van der Waals surface area contributed by atoms with Crippen LogP contribution in [-0.4, -0.2) is 16.1 Å². The summed E-state index contributed by atoms with van der Waals surface area (Å²) in [4.78, 5) is 17.1. The Hall–Kier alpha value is -2.08. The fraction of sp³-hybridized carbons (Fsp3) is 0.286. The monoisotopic (exact) mass is 289 g/mol. The molecule has 0 amide bonds. The van der Waals surface area contributed by atoms with Gasteiger partial charge < -0.3 is 16.2 Å². The molecule has 0 aliphatic heterocycles. The smallest absolute Gasteiger partial charge is 0.337 e. The summed E-state index contributed by atoms with van der Waals surface area (Å²) in [5, 5.41) is 13.0. The van der Waals surface area contributed by atoms with Crippen LogP contribution in [0.4, 0.5) is 16.5 Å². The highest BCUT2D eigenvalue weighted by Crippen LogP contribution is 2.33. The van der Waals surface area contributed by atoms with E-state index in [0.717, 1.165) is 23.7 Å². The lowest BCUT2D eigenvalue weighted by Gasteiger charge is -2.09. The molecular formula is C14H15N3O2S. The normalized spacial score (nSPS) is 13.8. The largest absolute Gasteiger partial charge is 0.478 e. The number of carbonyl (C=O) groups is 1. The first kappa shape index (κ1) is 12.9. The maximum atomic E-state index is 11.2. The van der Waals surface area contributed by atoms with Crippen molar-refractivity contribution in [3.05, 3.63) is 34.3 Å². The SMILES string of the molecule is Nc1cccc(C(=O)O)c1Nc1nc2c(s1)CCCC2. The number of rotatable bonds is 3. The summed E-state index contributed by atoms with van der Waals surface area (Å²) in [6.45, 7) is 0. The van der Waals surface area contributed by atoms with Gasteiger partial charge in [0.15, 0.2) is 5.13 Å². The Morgan fingerprint density at radius 3 is 2.90 bits per heavy atom. The maximum Gasteiger partial charge on any atom is 0.337 e. The number of carboxylic acids is 1. The number of anilines is 3. The number of fused-ring (bicyclic) bond motifs is 1. The van der Waals surface area contributed by atoms with Crippen LogP contribution in [0.5, 0.6) is 0 Å². The first-order valence-electron chi connectivity index (χ1n) is 6.52. The molecule has 0 radical (unpaired) electrons. The van der Waals surface area contributed by atoms with Gasteiger partial charge in [0.25, 0.3) is 0 Å². The van der Waals surface area contributed by atoms with Gasteiger partial charge >= 0.3 is 5.97 Å². The Kier molecular flexibility index (Phi) is 3.31. The summed E-state index contributed by atoms with van der Waals surface area (Å²) >= 11 is 1.59. The number of hydrogen-bond donors (Lipinski definition) is 3. The van der Waals surface area contributed by atoms with Crippen molar-refractivity contribution in [1.82, 2.24) is 4.98 Å².